The van der Waals surface area contributed by atoms with Gasteiger partial charge < -0.3 is 5.32 Å². The molecule has 0 bridgehead atoms. The zero-order valence-corrected chi connectivity index (χ0v) is 13.4. The molecular formula is C15H22N2O3S. The van der Waals surface area contributed by atoms with Gasteiger partial charge in [0, 0.05) is 17.6 Å². The van der Waals surface area contributed by atoms with Gasteiger partial charge in [-0.1, -0.05) is 6.07 Å². The van der Waals surface area contributed by atoms with Crippen LogP contribution in [0.3, 0.4) is 0 Å². The molecule has 2 N–H and O–H groups in total. The maximum atomic E-state index is 12.2. The molecule has 2 rings (SSSR count). The Balaban J connectivity index is 2.15. The van der Waals surface area contributed by atoms with Crippen LogP contribution in [-0.2, 0) is 10.0 Å². The van der Waals surface area contributed by atoms with Crippen LogP contribution in [0.5, 0.6) is 0 Å². The highest BCUT2D eigenvalue weighted by Crippen LogP contribution is 2.32. The monoisotopic (exact) mass is 310 g/mol. The maximum Gasteiger partial charge on any atom is 0.251 e. The second-order valence-electron chi connectivity index (χ2n) is 5.90. The van der Waals surface area contributed by atoms with Gasteiger partial charge in [-0.25, -0.2) is 13.1 Å². The van der Waals surface area contributed by atoms with Crippen LogP contribution in [0.25, 0.3) is 0 Å². The number of sulfonamides is 1. The Morgan fingerprint density at radius 2 is 1.90 bits per heavy atom. The molecule has 0 aromatic heterocycles. The zero-order valence-electron chi connectivity index (χ0n) is 12.6. The van der Waals surface area contributed by atoms with Crippen LogP contribution < -0.4 is 10.0 Å². The van der Waals surface area contributed by atoms with Gasteiger partial charge in [-0.2, -0.15) is 0 Å². The third-order valence-electron chi connectivity index (χ3n) is 3.49. The first-order valence-electron chi connectivity index (χ1n) is 7.23. The van der Waals surface area contributed by atoms with Gasteiger partial charge in [0.05, 0.1) is 4.90 Å². The molecule has 0 saturated heterocycles. The molecule has 0 aliphatic heterocycles. The van der Waals surface area contributed by atoms with Gasteiger partial charge in [-0.05, 0) is 57.7 Å². The molecule has 1 aliphatic carbocycles. The topological polar surface area (TPSA) is 75.3 Å². The summed E-state index contributed by atoms with van der Waals surface area (Å²) >= 11 is 0. The van der Waals surface area contributed by atoms with Crippen LogP contribution in [0, 0.1) is 5.92 Å². The predicted octanol–water partition coefficient (Wildman–Crippen LogP) is 1.90. The summed E-state index contributed by atoms with van der Waals surface area (Å²) in [5, 5.41) is 2.92. The maximum absolute atomic E-state index is 12.2. The van der Waals surface area contributed by atoms with E-state index in [0.717, 1.165) is 12.8 Å². The Kier molecular flexibility index (Phi) is 4.68. The van der Waals surface area contributed by atoms with Crippen LogP contribution in [0.2, 0.25) is 0 Å². The normalized spacial score (nSPS) is 16.8. The first-order valence-corrected chi connectivity index (χ1v) is 8.71. The highest BCUT2D eigenvalue weighted by molar-refractivity contribution is 7.89. The average Bonchev–Trinajstić information content (AvgIpc) is 3.21. The van der Waals surface area contributed by atoms with Crippen molar-refractivity contribution in [1.29, 1.82) is 0 Å². The lowest BCUT2D eigenvalue weighted by molar-refractivity contribution is 0.0935. The van der Waals surface area contributed by atoms with Crippen LogP contribution in [0.4, 0.5) is 0 Å². The minimum Gasteiger partial charge on any atom is -0.349 e. The number of amides is 1. The van der Waals surface area contributed by atoms with E-state index >= 15 is 0 Å². The first kappa shape index (κ1) is 16.0. The van der Waals surface area contributed by atoms with Gasteiger partial charge in [-0.15, -0.1) is 0 Å². The molecule has 1 aliphatic rings. The average molecular weight is 310 g/mol. The largest absolute Gasteiger partial charge is 0.349 e. The summed E-state index contributed by atoms with van der Waals surface area (Å²) in [6.07, 6.45) is 2.29. The fourth-order valence-corrected chi connectivity index (χ4v) is 3.48. The van der Waals surface area contributed by atoms with Gasteiger partial charge in [-0.3, -0.25) is 4.79 Å². The van der Waals surface area contributed by atoms with Crippen molar-refractivity contribution in [1.82, 2.24) is 10.0 Å². The van der Waals surface area contributed by atoms with E-state index < -0.39 is 10.0 Å². The summed E-state index contributed by atoms with van der Waals surface area (Å²) in [5.74, 6) is 0.333. The summed E-state index contributed by atoms with van der Waals surface area (Å²) < 4.78 is 26.7. The Morgan fingerprint density at radius 1 is 1.24 bits per heavy atom. The Bertz CT molecular complexity index is 622. The molecule has 0 heterocycles. The third kappa shape index (κ3) is 4.28. The van der Waals surface area contributed by atoms with Crippen LogP contribution in [0.1, 0.15) is 44.0 Å². The lowest BCUT2D eigenvalue weighted by Crippen LogP contribution is -2.34. The molecule has 116 valence electrons. The van der Waals surface area contributed by atoms with E-state index in [4.69, 9.17) is 0 Å². The molecular weight excluding hydrogens is 288 g/mol. The summed E-state index contributed by atoms with van der Waals surface area (Å²) in [7, 11) is -3.58. The van der Waals surface area contributed by atoms with Crippen molar-refractivity contribution >= 4 is 15.9 Å². The van der Waals surface area contributed by atoms with Gasteiger partial charge in [0.15, 0.2) is 0 Å². The fourth-order valence-electron chi connectivity index (χ4n) is 2.19. The number of hydrogen-bond acceptors (Lipinski definition) is 3. The molecule has 5 nitrogen and oxygen atoms in total. The quantitative estimate of drug-likeness (QED) is 0.842. The lowest BCUT2D eigenvalue weighted by atomic mass is 10.1. The van der Waals surface area contributed by atoms with Crippen molar-refractivity contribution < 1.29 is 13.2 Å². The van der Waals surface area contributed by atoms with E-state index in [0.29, 0.717) is 11.5 Å². The number of rotatable bonds is 6. The molecule has 1 aromatic rings. The van der Waals surface area contributed by atoms with Crippen molar-refractivity contribution in [2.45, 2.75) is 50.6 Å². The minimum atomic E-state index is -3.58. The van der Waals surface area contributed by atoms with Crippen molar-refractivity contribution in [3.63, 3.8) is 0 Å². The van der Waals surface area contributed by atoms with E-state index in [1.54, 1.807) is 26.0 Å². The lowest BCUT2D eigenvalue weighted by Gasteiger charge is -2.14. The van der Waals surface area contributed by atoms with Crippen LogP contribution >= 0.6 is 0 Å². The van der Waals surface area contributed by atoms with E-state index in [2.05, 4.69) is 10.0 Å². The Hall–Kier alpha value is -1.40. The van der Waals surface area contributed by atoms with Crippen molar-refractivity contribution in [3.05, 3.63) is 29.8 Å². The SMILES string of the molecule is CC(C)NS(=O)(=O)c1cccc(C(=O)N[C@@H](C)C2CC2)c1. The van der Waals surface area contributed by atoms with Crippen molar-refractivity contribution in [2.24, 2.45) is 5.92 Å². The van der Waals surface area contributed by atoms with E-state index in [-0.39, 0.29) is 22.9 Å². The van der Waals surface area contributed by atoms with Crippen LogP contribution in [0.15, 0.2) is 29.2 Å². The molecule has 1 fully saturated rings. The molecule has 0 spiro atoms. The summed E-state index contributed by atoms with van der Waals surface area (Å²) in [4.78, 5) is 12.3. The highest BCUT2D eigenvalue weighted by Gasteiger charge is 2.29. The summed E-state index contributed by atoms with van der Waals surface area (Å²) in [6, 6.07) is 6.06. The number of nitrogens with one attached hydrogen (secondary N) is 2. The predicted molar refractivity (Wildman–Crippen MR) is 81.6 cm³/mol. The Labute approximate surface area is 126 Å². The van der Waals surface area contributed by atoms with E-state index in [1.165, 1.54) is 12.1 Å². The van der Waals surface area contributed by atoms with Crippen molar-refractivity contribution in [2.75, 3.05) is 0 Å². The van der Waals surface area contributed by atoms with Gasteiger partial charge in [0.2, 0.25) is 10.0 Å². The third-order valence-corrected chi connectivity index (χ3v) is 5.14. The first-order chi connectivity index (χ1) is 9.79. The molecule has 1 aromatic carbocycles. The minimum absolute atomic E-state index is 0.114. The number of hydrogen-bond donors (Lipinski definition) is 2. The molecule has 0 radical (unpaired) electrons. The second-order valence-corrected chi connectivity index (χ2v) is 7.62. The molecule has 1 saturated carbocycles. The number of carbonyl (C=O) groups is 1. The van der Waals surface area contributed by atoms with Crippen molar-refractivity contribution in [3.8, 4) is 0 Å². The highest BCUT2D eigenvalue weighted by atomic mass is 32.2. The Morgan fingerprint density at radius 3 is 2.48 bits per heavy atom. The van der Waals surface area contributed by atoms with Gasteiger partial charge in [0.1, 0.15) is 0 Å². The number of carbonyl (C=O) groups excluding carboxylic acids is 1. The molecule has 0 unspecified atom stereocenters. The van der Waals surface area contributed by atoms with E-state index in [1.807, 2.05) is 6.92 Å². The fraction of sp³-hybridized carbons (Fsp3) is 0.533. The van der Waals surface area contributed by atoms with Gasteiger partial charge in [0.25, 0.3) is 5.91 Å². The van der Waals surface area contributed by atoms with E-state index in [9.17, 15) is 13.2 Å². The molecule has 1 amide bonds. The summed E-state index contributed by atoms with van der Waals surface area (Å²) in [5.41, 5.74) is 0.370. The molecule has 6 heteroatoms. The second kappa shape index (κ2) is 6.15. The summed E-state index contributed by atoms with van der Waals surface area (Å²) in [6.45, 7) is 5.49. The molecule has 21 heavy (non-hydrogen) atoms. The molecule has 1 atom stereocenters. The van der Waals surface area contributed by atoms with Gasteiger partial charge >= 0.3 is 0 Å². The smallest absolute Gasteiger partial charge is 0.251 e. The van der Waals surface area contributed by atoms with Crippen LogP contribution in [-0.4, -0.2) is 26.4 Å². The standard InChI is InChI=1S/C15H22N2O3S/c1-10(2)17-21(19,20)14-6-4-5-13(9-14)15(18)16-11(3)12-7-8-12/h4-6,9-12,17H,7-8H2,1-3H3,(H,16,18)/t11-/m0/s1. The zero-order chi connectivity index (χ0) is 15.6. The number of benzene rings is 1.